The molecular weight excluding hydrogens is 162 g/mol. The number of nitrogens with zero attached hydrogens (tertiary/aromatic N) is 2. The van der Waals surface area contributed by atoms with E-state index in [9.17, 15) is 0 Å². The number of fused-ring (bicyclic) bond motifs is 1. The molecule has 1 aliphatic carbocycles. The van der Waals surface area contributed by atoms with Crippen LogP contribution in [0.25, 0.3) is 0 Å². The number of likely N-dealkylation sites (N-methyl/N-ethyl adjacent to an activating group) is 1. The van der Waals surface area contributed by atoms with Gasteiger partial charge in [-0.2, -0.15) is 0 Å². The highest BCUT2D eigenvalue weighted by Crippen LogP contribution is 2.29. The molecule has 0 saturated heterocycles. The lowest BCUT2D eigenvalue weighted by Crippen LogP contribution is -2.22. The Hall–Kier alpha value is -0.830. The van der Waals surface area contributed by atoms with Crippen LogP contribution in [0.5, 0.6) is 0 Å². The van der Waals surface area contributed by atoms with Crippen LogP contribution < -0.4 is 5.32 Å². The van der Waals surface area contributed by atoms with Crippen molar-refractivity contribution in [2.45, 2.75) is 25.2 Å². The highest BCUT2D eigenvalue weighted by atomic mass is 15.0. The van der Waals surface area contributed by atoms with Crippen LogP contribution in [0.15, 0.2) is 6.33 Å². The average Bonchev–Trinajstić information content (AvgIpc) is 2.50. The van der Waals surface area contributed by atoms with Crippen molar-refractivity contribution in [1.82, 2.24) is 14.9 Å². The summed E-state index contributed by atoms with van der Waals surface area (Å²) < 4.78 is 2.16. The number of hydrogen-bond acceptors (Lipinski definition) is 2. The molecule has 1 aliphatic rings. The number of nitrogens with one attached hydrogen (secondary N) is 1. The second kappa shape index (κ2) is 3.50. The van der Waals surface area contributed by atoms with E-state index in [0.29, 0.717) is 5.92 Å². The molecule has 13 heavy (non-hydrogen) atoms. The first-order valence-corrected chi connectivity index (χ1v) is 4.97. The minimum absolute atomic E-state index is 0.634. The second-order valence-electron chi connectivity index (χ2n) is 3.83. The van der Waals surface area contributed by atoms with Gasteiger partial charge in [0, 0.05) is 25.2 Å². The van der Waals surface area contributed by atoms with Crippen LogP contribution in [-0.2, 0) is 13.5 Å². The predicted octanol–water partition coefficient (Wildman–Crippen LogP) is 1.06. The Balaban J connectivity index is 2.27. The van der Waals surface area contributed by atoms with Gasteiger partial charge in [0.25, 0.3) is 0 Å². The first kappa shape index (κ1) is 8.75. The van der Waals surface area contributed by atoms with Gasteiger partial charge >= 0.3 is 0 Å². The average molecular weight is 179 g/mol. The van der Waals surface area contributed by atoms with Gasteiger partial charge in [0.2, 0.25) is 0 Å². The van der Waals surface area contributed by atoms with Crippen molar-refractivity contribution in [3.63, 3.8) is 0 Å². The smallest absolute Gasteiger partial charge is 0.0949 e. The summed E-state index contributed by atoms with van der Waals surface area (Å²) in [5.74, 6) is 0.634. The minimum Gasteiger partial charge on any atom is -0.337 e. The molecule has 1 heterocycles. The van der Waals surface area contributed by atoms with E-state index in [1.165, 1.54) is 30.7 Å². The molecule has 0 fully saturated rings. The number of rotatable bonds is 2. The maximum Gasteiger partial charge on any atom is 0.0949 e. The lowest BCUT2D eigenvalue weighted by atomic mass is 9.90. The maximum atomic E-state index is 4.48. The Labute approximate surface area is 79.2 Å². The summed E-state index contributed by atoms with van der Waals surface area (Å²) >= 11 is 0. The summed E-state index contributed by atoms with van der Waals surface area (Å²) in [5.41, 5.74) is 2.76. The van der Waals surface area contributed by atoms with Crippen molar-refractivity contribution in [1.29, 1.82) is 0 Å². The van der Waals surface area contributed by atoms with E-state index >= 15 is 0 Å². The number of aromatic nitrogens is 2. The highest BCUT2D eigenvalue weighted by molar-refractivity contribution is 5.21. The molecule has 1 aromatic heterocycles. The fourth-order valence-corrected chi connectivity index (χ4v) is 2.22. The van der Waals surface area contributed by atoms with Gasteiger partial charge in [0.05, 0.1) is 12.0 Å². The molecule has 0 amide bonds. The van der Waals surface area contributed by atoms with E-state index in [-0.39, 0.29) is 0 Å². The fourth-order valence-electron chi connectivity index (χ4n) is 2.22. The van der Waals surface area contributed by atoms with E-state index in [1.807, 2.05) is 13.4 Å². The highest BCUT2D eigenvalue weighted by Gasteiger charge is 2.22. The lowest BCUT2D eigenvalue weighted by molar-refractivity contribution is 0.510. The minimum atomic E-state index is 0.634. The molecule has 72 valence electrons. The molecule has 0 spiro atoms. The van der Waals surface area contributed by atoms with Gasteiger partial charge in [0.15, 0.2) is 0 Å². The van der Waals surface area contributed by atoms with Gasteiger partial charge in [-0.3, -0.25) is 0 Å². The summed E-state index contributed by atoms with van der Waals surface area (Å²) in [4.78, 5) is 4.48. The molecular formula is C10H17N3. The second-order valence-corrected chi connectivity index (χ2v) is 3.83. The van der Waals surface area contributed by atoms with Gasteiger partial charge in [-0.1, -0.05) is 0 Å². The van der Waals surface area contributed by atoms with Gasteiger partial charge < -0.3 is 9.88 Å². The predicted molar refractivity (Wildman–Crippen MR) is 52.8 cm³/mol. The third kappa shape index (κ3) is 1.48. The standard InChI is InChI=1S/C10H17N3/c1-11-6-8-4-3-5-9-10(8)12-7-13(9)2/h7-8,11H,3-6H2,1-2H3. The molecule has 0 aromatic carbocycles. The molecule has 3 heteroatoms. The third-order valence-corrected chi connectivity index (χ3v) is 2.89. The lowest BCUT2D eigenvalue weighted by Gasteiger charge is -2.21. The Morgan fingerprint density at radius 3 is 3.31 bits per heavy atom. The number of hydrogen-bond donors (Lipinski definition) is 1. The molecule has 0 bridgehead atoms. The SMILES string of the molecule is CNCC1CCCc2c1ncn2C. The molecule has 3 nitrogen and oxygen atoms in total. The molecule has 1 aromatic rings. The van der Waals surface area contributed by atoms with Crippen molar-refractivity contribution in [3.05, 3.63) is 17.7 Å². The van der Waals surface area contributed by atoms with Crippen LogP contribution in [0.3, 0.4) is 0 Å². The normalized spacial score (nSPS) is 21.5. The Morgan fingerprint density at radius 1 is 1.69 bits per heavy atom. The van der Waals surface area contributed by atoms with E-state index in [1.54, 1.807) is 0 Å². The first-order valence-electron chi connectivity index (χ1n) is 4.97. The van der Waals surface area contributed by atoms with Crippen molar-refractivity contribution in [3.8, 4) is 0 Å². The Morgan fingerprint density at radius 2 is 2.54 bits per heavy atom. The van der Waals surface area contributed by atoms with E-state index in [0.717, 1.165) is 6.54 Å². The topological polar surface area (TPSA) is 29.9 Å². The fraction of sp³-hybridized carbons (Fsp3) is 0.700. The molecule has 0 aliphatic heterocycles. The van der Waals surface area contributed by atoms with E-state index in [4.69, 9.17) is 0 Å². The van der Waals surface area contributed by atoms with Crippen molar-refractivity contribution in [2.24, 2.45) is 7.05 Å². The van der Waals surface area contributed by atoms with Crippen LogP contribution in [0.4, 0.5) is 0 Å². The third-order valence-electron chi connectivity index (χ3n) is 2.89. The van der Waals surface area contributed by atoms with Crippen molar-refractivity contribution in [2.75, 3.05) is 13.6 Å². The molecule has 0 radical (unpaired) electrons. The summed E-state index contributed by atoms with van der Waals surface area (Å²) in [6.45, 7) is 1.06. The molecule has 1 N–H and O–H groups in total. The summed E-state index contributed by atoms with van der Waals surface area (Å²) in [6.07, 6.45) is 5.73. The van der Waals surface area contributed by atoms with E-state index < -0.39 is 0 Å². The first-order chi connectivity index (χ1) is 6.33. The van der Waals surface area contributed by atoms with Crippen molar-refractivity contribution >= 4 is 0 Å². The zero-order valence-electron chi connectivity index (χ0n) is 8.38. The largest absolute Gasteiger partial charge is 0.337 e. The monoisotopic (exact) mass is 179 g/mol. The molecule has 1 unspecified atom stereocenters. The van der Waals surface area contributed by atoms with Crippen LogP contribution in [0.1, 0.15) is 30.1 Å². The Bertz CT molecular complexity index is 290. The summed E-state index contributed by atoms with van der Waals surface area (Å²) in [7, 11) is 4.10. The van der Waals surface area contributed by atoms with Gasteiger partial charge in [0.1, 0.15) is 0 Å². The Kier molecular flexibility index (Phi) is 2.36. The molecule has 0 saturated carbocycles. The van der Waals surface area contributed by atoms with Gasteiger partial charge in [-0.25, -0.2) is 4.98 Å². The van der Waals surface area contributed by atoms with Crippen LogP contribution in [0.2, 0.25) is 0 Å². The van der Waals surface area contributed by atoms with Crippen molar-refractivity contribution < 1.29 is 0 Å². The molecule has 1 atom stereocenters. The summed E-state index contributed by atoms with van der Waals surface area (Å²) in [5, 5.41) is 3.24. The quantitative estimate of drug-likeness (QED) is 0.735. The van der Waals surface area contributed by atoms with E-state index in [2.05, 4.69) is 21.9 Å². The zero-order chi connectivity index (χ0) is 9.26. The van der Waals surface area contributed by atoms with Crippen LogP contribution in [0, 0.1) is 0 Å². The molecule has 2 rings (SSSR count). The van der Waals surface area contributed by atoms with Crippen LogP contribution in [-0.4, -0.2) is 23.1 Å². The van der Waals surface area contributed by atoms with Gasteiger partial charge in [-0.15, -0.1) is 0 Å². The summed E-state index contributed by atoms with van der Waals surface area (Å²) in [6, 6.07) is 0. The number of imidazole rings is 1. The number of aryl methyl sites for hydroxylation is 1. The zero-order valence-corrected chi connectivity index (χ0v) is 8.38. The van der Waals surface area contributed by atoms with Crippen LogP contribution >= 0.6 is 0 Å². The van der Waals surface area contributed by atoms with Gasteiger partial charge in [-0.05, 0) is 26.3 Å². The maximum absolute atomic E-state index is 4.48.